The number of likely N-dealkylation sites (tertiary alicyclic amines) is 1. The first-order chi connectivity index (χ1) is 10.7. The minimum Gasteiger partial charge on any atom is -0.497 e. The number of carbonyl (C=O) groups is 2. The van der Waals surface area contributed by atoms with Gasteiger partial charge in [-0.2, -0.15) is 0 Å². The number of unbranched alkanes of at least 4 members (excludes halogenated alkanes) is 1. The lowest BCUT2D eigenvalue weighted by Crippen LogP contribution is -2.39. The molecule has 1 amide bonds. The molecule has 2 atom stereocenters. The predicted molar refractivity (Wildman–Crippen MR) is 83.2 cm³/mol. The fourth-order valence-corrected chi connectivity index (χ4v) is 2.80. The molecule has 1 aromatic rings. The zero-order valence-corrected chi connectivity index (χ0v) is 13.2. The summed E-state index contributed by atoms with van der Waals surface area (Å²) in [5, 5.41) is 0. The van der Waals surface area contributed by atoms with Crippen LogP contribution in [0.3, 0.4) is 0 Å². The molecule has 1 saturated heterocycles. The van der Waals surface area contributed by atoms with E-state index in [2.05, 4.69) is 0 Å². The van der Waals surface area contributed by atoms with Gasteiger partial charge in [0.1, 0.15) is 12.0 Å². The number of aldehydes is 1. The first kappa shape index (κ1) is 16.3. The summed E-state index contributed by atoms with van der Waals surface area (Å²) >= 11 is 0. The Labute approximate surface area is 131 Å². The SMILES string of the molecule is CCCCOC(=O)N1CC[C@H](c2ccc(OC)cc2)[C@@H]1C=O. The summed E-state index contributed by atoms with van der Waals surface area (Å²) in [6.07, 6.45) is 3.04. The number of nitrogens with zero attached hydrogens (tertiary/aromatic N) is 1. The summed E-state index contributed by atoms with van der Waals surface area (Å²) in [6, 6.07) is 7.19. The van der Waals surface area contributed by atoms with Gasteiger partial charge in [-0.1, -0.05) is 25.5 Å². The van der Waals surface area contributed by atoms with Crippen LogP contribution in [0.25, 0.3) is 0 Å². The van der Waals surface area contributed by atoms with Crippen molar-refractivity contribution in [1.29, 1.82) is 0 Å². The third kappa shape index (κ3) is 3.59. The number of ether oxygens (including phenoxy) is 2. The van der Waals surface area contributed by atoms with Gasteiger partial charge in [0, 0.05) is 12.5 Å². The van der Waals surface area contributed by atoms with Crippen LogP contribution in [0.15, 0.2) is 24.3 Å². The number of hydrogen-bond acceptors (Lipinski definition) is 4. The molecule has 0 bridgehead atoms. The van der Waals surface area contributed by atoms with E-state index in [1.807, 2.05) is 31.2 Å². The maximum atomic E-state index is 12.1. The molecule has 0 unspecified atom stereocenters. The average Bonchev–Trinajstić information content (AvgIpc) is 2.99. The van der Waals surface area contributed by atoms with Gasteiger partial charge in [-0.25, -0.2) is 4.79 Å². The zero-order chi connectivity index (χ0) is 15.9. The fourth-order valence-electron chi connectivity index (χ4n) is 2.80. The Bertz CT molecular complexity index is 500. The molecule has 0 aliphatic carbocycles. The number of carbonyl (C=O) groups excluding carboxylic acids is 2. The maximum absolute atomic E-state index is 12.1. The van der Waals surface area contributed by atoms with E-state index in [1.54, 1.807) is 7.11 Å². The minimum atomic E-state index is -0.456. The molecule has 1 fully saturated rings. The van der Waals surface area contributed by atoms with Crippen molar-refractivity contribution in [2.24, 2.45) is 0 Å². The van der Waals surface area contributed by atoms with Crippen molar-refractivity contribution in [3.63, 3.8) is 0 Å². The predicted octanol–water partition coefficient (Wildman–Crippen LogP) is 2.99. The van der Waals surface area contributed by atoms with Crippen LogP contribution in [0.1, 0.15) is 37.7 Å². The van der Waals surface area contributed by atoms with E-state index in [9.17, 15) is 9.59 Å². The van der Waals surface area contributed by atoms with E-state index in [0.717, 1.165) is 36.9 Å². The minimum absolute atomic E-state index is 0.0159. The van der Waals surface area contributed by atoms with Crippen molar-refractivity contribution in [2.75, 3.05) is 20.3 Å². The first-order valence-electron chi connectivity index (χ1n) is 7.74. The number of hydrogen-bond donors (Lipinski definition) is 0. The van der Waals surface area contributed by atoms with Crippen LogP contribution in [0, 0.1) is 0 Å². The van der Waals surface area contributed by atoms with Crippen molar-refractivity contribution >= 4 is 12.4 Å². The van der Waals surface area contributed by atoms with Gasteiger partial charge in [0.2, 0.25) is 0 Å². The summed E-state index contributed by atoms with van der Waals surface area (Å²) in [6.45, 7) is 2.99. The molecular formula is C17H23NO4. The normalized spacial score (nSPS) is 20.7. The molecular weight excluding hydrogens is 282 g/mol. The molecule has 22 heavy (non-hydrogen) atoms. The summed E-state index contributed by atoms with van der Waals surface area (Å²) in [5.74, 6) is 0.794. The summed E-state index contributed by atoms with van der Waals surface area (Å²) in [4.78, 5) is 25.1. The van der Waals surface area contributed by atoms with Crippen molar-refractivity contribution in [3.05, 3.63) is 29.8 Å². The lowest BCUT2D eigenvalue weighted by molar-refractivity contribution is -0.111. The molecule has 0 N–H and O–H groups in total. The van der Waals surface area contributed by atoms with E-state index in [0.29, 0.717) is 13.2 Å². The topological polar surface area (TPSA) is 55.8 Å². The average molecular weight is 305 g/mol. The molecule has 0 radical (unpaired) electrons. The van der Waals surface area contributed by atoms with Gasteiger partial charge in [-0.15, -0.1) is 0 Å². The number of amides is 1. The zero-order valence-electron chi connectivity index (χ0n) is 13.2. The van der Waals surface area contributed by atoms with Gasteiger partial charge in [0.15, 0.2) is 0 Å². The molecule has 2 rings (SSSR count). The van der Waals surface area contributed by atoms with Crippen LogP contribution in [0.5, 0.6) is 5.75 Å². The number of methoxy groups -OCH3 is 1. The number of rotatable bonds is 6. The summed E-state index contributed by atoms with van der Waals surface area (Å²) in [7, 11) is 1.62. The number of benzene rings is 1. The van der Waals surface area contributed by atoms with Crippen LogP contribution in [0.2, 0.25) is 0 Å². The Balaban J connectivity index is 2.05. The van der Waals surface area contributed by atoms with Crippen LogP contribution in [-0.4, -0.2) is 43.6 Å². The highest BCUT2D eigenvalue weighted by Crippen LogP contribution is 2.33. The second kappa shape index (κ2) is 7.82. The molecule has 1 aliphatic heterocycles. The molecule has 0 aromatic heterocycles. The van der Waals surface area contributed by atoms with E-state index in [-0.39, 0.29) is 12.0 Å². The van der Waals surface area contributed by atoms with E-state index < -0.39 is 6.04 Å². The molecule has 0 saturated carbocycles. The Hall–Kier alpha value is -2.04. The van der Waals surface area contributed by atoms with E-state index in [1.165, 1.54) is 4.90 Å². The Morgan fingerprint density at radius 1 is 1.36 bits per heavy atom. The van der Waals surface area contributed by atoms with Crippen LogP contribution >= 0.6 is 0 Å². The van der Waals surface area contributed by atoms with Gasteiger partial charge < -0.3 is 14.3 Å². The van der Waals surface area contributed by atoms with Gasteiger partial charge in [0.25, 0.3) is 0 Å². The van der Waals surface area contributed by atoms with Gasteiger partial charge in [0.05, 0.1) is 19.8 Å². The fraction of sp³-hybridized carbons (Fsp3) is 0.529. The molecule has 1 aliphatic rings. The quantitative estimate of drug-likeness (QED) is 0.599. The van der Waals surface area contributed by atoms with Crippen molar-refractivity contribution < 1.29 is 19.1 Å². The highest BCUT2D eigenvalue weighted by molar-refractivity contribution is 5.75. The molecule has 0 spiro atoms. The third-order valence-corrected chi connectivity index (χ3v) is 4.09. The first-order valence-corrected chi connectivity index (χ1v) is 7.74. The highest BCUT2D eigenvalue weighted by atomic mass is 16.6. The Morgan fingerprint density at radius 2 is 2.09 bits per heavy atom. The van der Waals surface area contributed by atoms with Crippen molar-refractivity contribution in [3.8, 4) is 5.75 Å². The van der Waals surface area contributed by atoms with Crippen molar-refractivity contribution in [2.45, 2.75) is 38.1 Å². The molecule has 5 nitrogen and oxygen atoms in total. The second-order valence-electron chi connectivity index (χ2n) is 5.46. The van der Waals surface area contributed by atoms with Crippen molar-refractivity contribution in [1.82, 2.24) is 4.90 Å². The second-order valence-corrected chi connectivity index (χ2v) is 5.46. The monoisotopic (exact) mass is 305 g/mol. The van der Waals surface area contributed by atoms with Crippen LogP contribution in [0.4, 0.5) is 4.79 Å². The third-order valence-electron chi connectivity index (χ3n) is 4.09. The summed E-state index contributed by atoms with van der Waals surface area (Å²) in [5.41, 5.74) is 1.04. The van der Waals surface area contributed by atoms with E-state index >= 15 is 0 Å². The van der Waals surface area contributed by atoms with Gasteiger partial charge in [-0.3, -0.25) is 4.90 Å². The van der Waals surface area contributed by atoms with Crippen LogP contribution < -0.4 is 4.74 Å². The molecule has 1 heterocycles. The van der Waals surface area contributed by atoms with Gasteiger partial charge >= 0.3 is 6.09 Å². The van der Waals surface area contributed by atoms with Crippen LogP contribution in [-0.2, 0) is 9.53 Å². The van der Waals surface area contributed by atoms with Gasteiger partial charge in [-0.05, 0) is 30.5 Å². The standard InChI is InChI=1S/C17H23NO4/c1-3-4-11-22-17(20)18-10-9-15(16(18)12-19)13-5-7-14(21-2)8-6-13/h5-8,12,15-16H,3-4,9-11H2,1-2H3/t15-,16+/m1/s1. The highest BCUT2D eigenvalue weighted by Gasteiger charge is 2.38. The lowest BCUT2D eigenvalue weighted by Gasteiger charge is -2.23. The Morgan fingerprint density at radius 3 is 2.68 bits per heavy atom. The summed E-state index contributed by atoms with van der Waals surface area (Å²) < 4.78 is 10.4. The molecule has 120 valence electrons. The Kier molecular flexibility index (Phi) is 5.81. The largest absolute Gasteiger partial charge is 0.497 e. The smallest absolute Gasteiger partial charge is 0.410 e. The maximum Gasteiger partial charge on any atom is 0.410 e. The lowest BCUT2D eigenvalue weighted by atomic mass is 9.92. The molecule has 1 aromatic carbocycles. The molecule has 5 heteroatoms. The van der Waals surface area contributed by atoms with E-state index in [4.69, 9.17) is 9.47 Å².